The van der Waals surface area contributed by atoms with Crippen molar-refractivity contribution in [2.75, 3.05) is 25.0 Å². The second-order valence-electron chi connectivity index (χ2n) is 10.2. The molecule has 3 aromatic heterocycles. The van der Waals surface area contributed by atoms with Crippen LogP contribution < -0.4 is 10.1 Å². The molecule has 0 atom stereocenters. The minimum atomic E-state index is -0.0283. The predicted molar refractivity (Wildman–Crippen MR) is 163 cm³/mol. The summed E-state index contributed by atoms with van der Waals surface area (Å²) >= 11 is 6.54. The molecule has 9 nitrogen and oxygen atoms in total. The van der Waals surface area contributed by atoms with Crippen LogP contribution in [0.1, 0.15) is 40.9 Å². The van der Waals surface area contributed by atoms with Crippen LogP contribution in [-0.4, -0.2) is 55.1 Å². The van der Waals surface area contributed by atoms with Gasteiger partial charge in [-0.2, -0.15) is 0 Å². The number of nitrogens with zero attached hydrogens (tertiary/aromatic N) is 5. The van der Waals surface area contributed by atoms with Crippen molar-refractivity contribution in [1.29, 1.82) is 0 Å². The van der Waals surface area contributed by atoms with E-state index in [0.29, 0.717) is 35.2 Å². The van der Waals surface area contributed by atoms with Gasteiger partial charge in [-0.1, -0.05) is 17.7 Å². The summed E-state index contributed by atoms with van der Waals surface area (Å²) in [6.45, 7) is 1.83. The summed E-state index contributed by atoms with van der Waals surface area (Å²) in [6, 6.07) is 17.0. The first-order valence-corrected chi connectivity index (χ1v) is 14.4. The first-order valence-electron chi connectivity index (χ1n) is 14.0. The van der Waals surface area contributed by atoms with Crippen LogP contribution in [0.15, 0.2) is 79.5 Å². The second kappa shape index (κ2) is 12.6. The number of nitrogens with one attached hydrogen (secondary N) is 1. The Kier molecular flexibility index (Phi) is 8.30. The third-order valence-electron chi connectivity index (χ3n) is 7.38. The van der Waals surface area contributed by atoms with E-state index in [9.17, 15) is 9.90 Å². The Balaban J connectivity index is 1.26. The zero-order valence-electron chi connectivity index (χ0n) is 23.0. The molecule has 1 aliphatic rings. The molecule has 4 heterocycles. The van der Waals surface area contributed by atoms with Crippen LogP contribution in [0.5, 0.6) is 5.75 Å². The minimum Gasteiger partial charge on any atom is -0.486 e. The Morgan fingerprint density at radius 1 is 1.00 bits per heavy atom. The van der Waals surface area contributed by atoms with Gasteiger partial charge in [0.1, 0.15) is 24.5 Å². The Morgan fingerprint density at radius 2 is 1.88 bits per heavy atom. The molecule has 0 radical (unpaired) electrons. The molecule has 0 saturated carbocycles. The van der Waals surface area contributed by atoms with E-state index < -0.39 is 0 Å². The third-order valence-corrected chi connectivity index (χ3v) is 7.67. The van der Waals surface area contributed by atoms with Gasteiger partial charge in [-0.3, -0.25) is 9.78 Å². The molecule has 6 rings (SSSR count). The van der Waals surface area contributed by atoms with Crippen molar-refractivity contribution in [3.63, 3.8) is 0 Å². The number of anilines is 2. The van der Waals surface area contributed by atoms with E-state index in [4.69, 9.17) is 16.3 Å². The number of rotatable bonds is 9. The largest absolute Gasteiger partial charge is 0.486 e. The van der Waals surface area contributed by atoms with E-state index in [2.05, 4.69) is 20.3 Å². The van der Waals surface area contributed by atoms with Crippen molar-refractivity contribution >= 4 is 39.9 Å². The number of fused-ring (bicyclic) bond motifs is 1. The van der Waals surface area contributed by atoms with Gasteiger partial charge >= 0.3 is 0 Å². The molecular weight excluding hydrogens is 552 g/mol. The number of hydrogen-bond donors (Lipinski definition) is 2. The zero-order chi connectivity index (χ0) is 28.9. The second-order valence-corrected chi connectivity index (χ2v) is 10.6. The highest BCUT2D eigenvalue weighted by Gasteiger charge is 2.22. The maximum atomic E-state index is 13.4. The van der Waals surface area contributed by atoms with Crippen molar-refractivity contribution in [2.45, 2.75) is 32.3 Å². The smallest absolute Gasteiger partial charge is 0.255 e. The Morgan fingerprint density at radius 3 is 2.67 bits per heavy atom. The molecule has 10 heteroatoms. The number of aromatic nitrogens is 4. The van der Waals surface area contributed by atoms with E-state index >= 15 is 0 Å². The molecule has 0 bridgehead atoms. The number of ether oxygens (including phenoxy) is 1. The van der Waals surface area contributed by atoms with Crippen LogP contribution in [0, 0.1) is 0 Å². The lowest BCUT2D eigenvalue weighted by Crippen LogP contribution is -2.35. The molecule has 42 heavy (non-hydrogen) atoms. The van der Waals surface area contributed by atoms with Crippen molar-refractivity contribution in [3.8, 4) is 11.4 Å². The van der Waals surface area contributed by atoms with Crippen molar-refractivity contribution in [3.05, 3.63) is 101 Å². The average molecular weight is 583 g/mol. The van der Waals surface area contributed by atoms with Gasteiger partial charge < -0.3 is 24.6 Å². The number of piperidine rings is 1. The maximum Gasteiger partial charge on any atom is 0.255 e. The topological polar surface area (TPSA) is 105 Å². The molecule has 214 valence electrons. The Hall–Kier alpha value is -4.47. The molecule has 0 aliphatic carbocycles. The van der Waals surface area contributed by atoms with Crippen LogP contribution >= 0.6 is 11.6 Å². The van der Waals surface area contributed by atoms with Gasteiger partial charge in [0.25, 0.3) is 5.91 Å². The monoisotopic (exact) mass is 582 g/mol. The maximum absolute atomic E-state index is 13.4. The number of benzene rings is 2. The van der Waals surface area contributed by atoms with E-state index in [1.807, 2.05) is 70.4 Å². The number of hydrogen-bond acceptors (Lipinski definition) is 7. The summed E-state index contributed by atoms with van der Waals surface area (Å²) in [5, 5.41) is 14.3. The van der Waals surface area contributed by atoms with E-state index in [-0.39, 0.29) is 12.5 Å². The molecule has 5 aromatic rings. The van der Waals surface area contributed by atoms with E-state index in [1.165, 1.54) is 6.33 Å². The van der Waals surface area contributed by atoms with Crippen LogP contribution in [0.4, 0.5) is 11.5 Å². The molecule has 1 saturated heterocycles. The zero-order valence-corrected chi connectivity index (χ0v) is 23.8. The lowest BCUT2D eigenvalue weighted by Gasteiger charge is -2.26. The highest BCUT2D eigenvalue weighted by Crippen LogP contribution is 2.32. The number of likely N-dealkylation sites (tertiary alicyclic amines) is 1. The number of carbonyl (C=O) groups excluding carboxylic acids is 1. The average Bonchev–Trinajstić information content (AvgIpc) is 3.45. The number of pyridine rings is 1. The SMILES string of the molecule is O=C(c1cn(-c2ccc3ncnc(Nc4ccc(OCc5ccccn5)c(Cl)c4)c3c2)cc1CCO)N1CCCCC1. The van der Waals surface area contributed by atoms with Gasteiger partial charge in [0, 0.05) is 55.0 Å². The molecular formula is C32H31ClN6O3. The molecule has 0 unspecified atom stereocenters. The summed E-state index contributed by atoms with van der Waals surface area (Å²) in [6.07, 6.45) is 10.6. The predicted octanol–water partition coefficient (Wildman–Crippen LogP) is 5.95. The van der Waals surface area contributed by atoms with Gasteiger partial charge in [0.05, 0.1) is 21.8 Å². The molecule has 2 aromatic carbocycles. The lowest BCUT2D eigenvalue weighted by atomic mass is 10.1. The number of amides is 1. The third kappa shape index (κ3) is 6.07. The quantitative estimate of drug-likeness (QED) is 0.221. The first-order chi connectivity index (χ1) is 20.6. The Bertz CT molecular complexity index is 1700. The van der Waals surface area contributed by atoms with Crippen molar-refractivity contribution in [1.82, 2.24) is 24.4 Å². The van der Waals surface area contributed by atoms with Gasteiger partial charge in [0.15, 0.2) is 0 Å². The molecule has 1 fully saturated rings. The van der Waals surface area contributed by atoms with E-state index in [1.54, 1.807) is 12.3 Å². The molecule has 0 spiro atoms. The fourth-order valence-corrected chi connectivity index (χ4v) is 5.43. The standard InChI is InChI=1S/C32H31ClN6O3/c33-28-16-23(7-10-30(28)42-20-24-6-2-3-12-34-24)37-31-26-17-25(8-9-29(26)35-21-36-31)39-18-22(11-15-40)27(19-39)32(41)38-13-4-1-5-14-38/h2-3,6-10,12,16-19,21,40H,1,4-5,11,13-15,20H2,(H,35,36,37). The number of aliphatic hydroxyl groups excluding tert-OH is 1. The fraction of sp³-hybridized carbons (Fsp3) is 0.250. The normalized spacial score (nSPS) is 13.3. The summed E-state index contributed by atoms with van der Waals surface area (Å²) in [4.78, 5) is 28.5. The van der Waals surface area contributed by atoms with Crippen molar-refractivity contribution < 1.29 is 14.6 Å². The number of aliphatic hydroxyl groups is 1. The van der Waals surface area contributed by atoms with Crippen LogP contribution in [0.25, 0.3) is 16.6 Å². The number of carbonyl (C=O) groups is 1. The first kappa shape index (κ1) is 27.7. The number of halogens is 1. The van der Waals surface area contributed by atoms with Gasteiger partial charge in [-0.05, 0) is 79.8 Å². The van der Waals surface area contributed by atoms with E-state index in [0.717, 1.165) is 65.9 Å². The van der Waals surface area contributed by atoms with Gasteiger partial charge in [-0.15, -0.1) is 0 Å². The van der Waals surface area contributed by atoms with Gasteiger partial charge in [0.2, 0.25) is 0 Å². The lowest BCUT2D eigenvalue weighted by molar-refractivity contribution is 0.0723. The molecule has 1 amide bonds. The summed E-state index contributed by atoms with van der Waals surface area (Å²) in [7, 11) is 0. The minimum absolute atomic E-state index is 0.0210. The highest BCUT2D eigenvalue weighted by atomic mass is 35.5. The van der Waals surface area contributed by atoms with Crippen LogP contribution in [0.2, 0.25) is 5.02 Å². The van der Waals surface area contributed by atoms with Gasteiger partial charge in [-0.25, -0.2) is 9.97 Å². The highest BCUT2D eigenvalue weighted by molar-refractivity contribution is 6.32. The van der Waals surface area contributed by atoms with Crippen LogP contribution in [-0.2, 0) is 13.0 Å². The summed E-state index contributed by atoms with van der Waals surface area (Å²) < 4.78 is 7.79. The van der Waals surface area contributed by atoms with Crippen LogP contribution in [0.3, 0.4) is 0 Å². The summed E-state index contributed by atoms with van der Waals surface area (Å²) in [5.41, 5.74) is 4.65. The summed E-state index contributed by atoms with van der Waals surface area (Å²) in [5.74, 6) is 1.20. The van der Waals surface area contributed by atoms with Crippen molar-refractivity contribution in [2.24, 2.45) is 0 Å². The molecule has 2 N–H and O–H groups in total. The Labute approximate surface area is 248 Å². The molecule has 1 aliphatic heterocycles. The fourth-order valence-electron chi connectivity index (χ4n) is 5.20.